The molecule has 0 spiro atoms. The van der Waals surface area contributed by atoms with Gasteiger partial charge >= 0.3 is 0 Å². The molecule has 0 aliphatic carbocycles. The molecular weight excluding hydrogens is 232 g/mol. The minimum Gasteiger partial charge on any atom is -0.317 e. The van der Waals surface area contributed by atoms with Crippen LogP contribution in [0.5, 0.6) is 0 Å². The summed E-state index contributed by atoms with van der Waals surface area (Å²) in [4.78, 5) is 2.62. The summed E-state index contributed by atoms with van der Waals surface area (Å²) in [7, 11) is 0. The summed E-state index contributed by atoms with van der Waals surface area (Å²) in [6, 6.07) is 6.64. The zero-order chi connectivity index (χ0) is 13.7. The predicted octanol–water partition coefficient (Wildman–Crippen LogP) is 3.12. The van der Waals surface area contributed by atoms with Crippen molar-refractivity contribution in [3.63, 3.8) is 0 Å². The molecule has 1 aliphatic rings. The van der Waals surface area contributed by atoms with Crippen molar-refractivity contribution in [2.24, 2.45) is 5.92 Å². The van der Waals surface area contributed by atoms with Crippen LogP contribution >= 0.6 is 0 Å². The summed E-state index contributed by atoms with van der Waals surface area (Å²) < 4.78 is 0. The second-order valence-electron chi connectivity index (χ2n) is 5.90. The highest BCUT2D eigenvalue weighted by Crippen LogP contribution is 2.21. The molecule has 0 atom stereocenters. The normalized spacial score (nSPS) is 17.8. The fraction of sp³-hybridized carbons (Fsp3) is 0.647. The predicted molar refractivity (Wildman–Crippen MR) is 82.5 cm³/mol. The third-order valence-corrected chi connectivity index (χ3v) is 4.42. The molecule has 1 aromatic carbocycles. The van der Waals surface area contributed by atoms with Crippen molar-refractivity contribution >= 4 is 0 Å². The number of rotatable bonds is 5. The van der Waals surface area contributed by atoms with Gasteiger partial charge in [0.2, 0.25) is 0 Å². The third-order valence-electron chi connectivity index (χ3n) is 4.42. The Morgan fingerprint density at radius 1 is 1.16 bits per heavy atom. The second-order valence-corrected chi connectivity index (χ2v) is 5.90. The average Bonchev–Trinajstić information content (AvgIpc) is 2.42. The second kappa shape index (κ2) is 7.06. The topological polar surface area (TPSA) is 15.3 Å². The fourth-order valence-electron chi connectivity index (χ4n) is 3.02. The first-order valence-corrected chi connectivity index (χ1v) is 7.69. The van der Waals surface area contributed by atoms with Crippen molar-refractivity contribution in [2.45, 2.75) is 40.2 Å². The lowest BCUT2D eigenvalue weighted by molar-refractivity contribution is 0.175. The summed E-state index contributed by atoms with van der Waals surface area (Å²) in [5.74, 6) is 0.883. The molecule has 2 rings (SSSR count). The highest BCUT2D eigenvalue weighted by molar-refractivity contribution is 5.33. The molecule has 2 nitrogen and oxygen atoms in total. The van der Waals surface area contributed by atoms with E-state index in [1.807, 2.05) is 0 Å². The molecule has 19 heavy (non-hydrogen) atoms. The SMILES string of the molecule is CCNCC1CCN(Cc2c(C)cccc2C)CC1. The number of piperidine rings is 1. The van der Waals surface area contributed by atoms with Gasteiger partial charge < -0.3 is 5.32 Å². The van der Waals surface area contributed by atoms with E-state index in [0.717, 1.165) is 19.0 Å². The van der Waals surface area contributed by atoms with Crippen LogP contribution in [0.15, 0.2) is 18.2 Å². The molecule has 2 heteroatoms. The quantitative estimate of drug-likeness (QED) is 0.875. The molecule has 1 aliphatic heterocycles. The largest absolute Gasteiger partial charge is 0.317 e. The summed E-state index contributed by atoms with van der Waals surface area (Å²) in [6.07, 6.45) is 2.69. The van der Waals surface area contributed by atoms with E-state index < -0.39 is 0 Å². The smallest absolute Gasteiger partial charge is 0.0238 e. The molecule has 1 N–H and O–H groups in total. The first-order chi connectivity index (χ1) is 9.20. The van der Waals surface area contributed by atoms with Gasteiger partial charge in [-0.3, -0.25) is 4.90 Å². The summed E-state index contributed by atoms with van der Waals surface area (Å²) in [5, 5.41) is 3.48. The standard InChI is InChI=1S/C17H28N2/c1-4-18-12-16-8-10-19(11-9-16)13-17-14(2)6-5-7-15(17)3/h5-7,16,18H,4,8-13H2,1-3H3. The van der Waals surface area contributed by atoms with Crippen molar-refractivity contribution in [1.29, 1.82) is 0 Å². The van der Waals surface area contributed by atoms with E-state index in [-0.39, 0.29) is 0 Å². The third kappa shape index (κ3) is 4.05. The van der Waals surface area contributed by atoms with Crippen molar-refractivity contribution in [3.8, 4) is 0 Å². The molecule has 0 unspecified atom stereocenters. The fourth-order valence-corrected chi connectivity index (χ4v) is 3.02. The maximum atomic E-state index is 3.48. The first-order valence-electron chi connectivity index (χ1n) is 7.69. The Morgan fingerprint density at radius 2 is 1.79 bits per heavy atom. The molecular formula is C17H28N2. The molecule has 1 heterocycles. The minimum atomic E-state index is 0.883. The molecule has 106 valence electrons. The van der Waals surface area contributed by atoms with Crippen LogP contribution in [0.3, 0.4) is 0 Å². The van der Waals surface area contributed by atoms with Crippen LogP contribution in [0.1, 0.15) is 36.5 Å². The van der Waals surface area contributed by atoms with Gasteiger partial charge in [0, 0.05) is 6.54 Å². The monoisotopic (exact) mass is 260 g/mol. The van der Waals surface area contributed by atoms with Gasteiger partial charge in [0.1, 0.15) is 0 Å². The zero-order valence-corrected chi connectivity index (χ0v) is 12.7. The lowest BCUT2D eigenvalue weighted by atomic mass is 9.95. The Balaban J connectivity index is 1.85. The van der Waals surface area contributed by atoms with Crippen LogP contribution in [-0.2, 0) is 6.54 Å². The number of nitrogens with zero attached hydrogens (tertiary/aromatic N) is 1. The molecule has 1 aromatic rings. The van der Waals surface area contributed by atoms with Gasteiger partial charge in [0.05, 0.1) is 0 Å². The molecule has 0 radical (unpaired) electrons. The zero-order valence-electron chi connectivity index (χ0n) is 12.7. The van der Waals surface area contributed by atoms with E-state index in [1.54, 1.807) is 0 Å². The number of hydrogen-bond donors (Lipinski definition) is 1. The van der Waals surface area contributed by atoms with Crippen LogP contribution in [0.25, 0.3) is 0 Å². The maximum absolute atomic E-state index is 3.48. The van der Waals surface area contributed by atoms with Crippen molar-refractivity contribution in [1.82, 2.24) is 10.2 Å². The number of nitrogens with one attached hydrogen (secondary N) is 1. The Labute approximate surface area is 118 Å². The molecule has 0 saturated carbocycles. The van der Waals surface area contributed by atoms with Gasteiger partial charge in [-0.1, -0.05) is 25.1 Å². The van der Waals surface area contributed by atoms with E-state index in [2.05, 4.69) is 49.2 Å². The molecule has 0 amide bonds. The van der Waals surface area contributed by atoms with Gasteiger partial charge in [0.25, 0.3) is 0 Å². The van der Waals surface area contributed by atoms with Gasteiger partial charge in [-0.05, 0) is 75.5 Å². The molecule has 0 bridgehead atoms. The number of likely N-dealkylation sites (tertiary alicyclic amines) is 1. The number of hydrogen-bond acceptors (Lipinski definition) is 2. The highest BCUT2D eigenvalue weighted by Gasteiger charge is 2.19. The highest BCUT2D eigenvalue weighted by atomic mass is 15.1. The summed E-state index contributed by atoms with van der Waals surface area (Å²) >= 11 is 0. The van der Waals surface area contributed by atoms with Gasteiger partial charge in [-0.25, -0.2) is 0 Å². The average molecular weight is 260 g/mol. The van der Waals surface area contributed by atoms with E-state index in [9.17, 15) is 0 Å². The van der Waals surface area contributed by atoms with Crippen LogP contribution in [0, 0.1) is 19.8 Å². The Hall–Kier alpha value is -0.860. The van der Waals surface area contributed by atoms with Gasteiger partial charge in [0.15, 0.2) is 0 Å². The number of benzene rings is 1. The van der Waals surface area contributed by atoms with E-state index >= 15 is 0 Å². The lowest BCUT2D eigenvalue weighted by Gasteiger charge is -2.32. The lowest BCUT2D eigenvalue weighted by Crippen LogP contribution is -2.37. The van der Waals surface area contributed by atoms with E-state index in [0.29, 0.717) is 0 Å². The molecule has 1 saturated heterocycles. The van der Waals surface area contributed by atoms with Gasteiger partial charge in [-0.2, -0.15) is 0 Å². The molecule has 1 fully saturated rings. The van der Waals surface area contributed by atoms with E-state index in [4.69, 9.17) is 0 Å². The molecule has 0 aromatic heterocycles. The maximum Gasteiger partial charge on any atom is 0.0238 e. The Kier molecular flexibility index (Phi) is 5.41. The summed E-state index contributed by atoms with van der Waals surface area (Å²) in [5.41, 5.74) is 4.41. The van der Waals surface area contributed by atoms with Crippen LogP contribution in [0.4, 0.5) is 0 Å². The number of aryl methyl sites for hydroxylation is 2. The van der Waals surface area contributed by atoms with Gasteiger partial charge in [-0.15, -0.1) is 0 Å². The Morgan fingerprint density at radius 3 is 2.37 bits per heavy atom. The Bertz CT molecular complexity index is 372. The van der Waals surface area contributed by atoms with Crippen LogP contribution < -0.4 is 5.32 Å². The van der Waals surface area contributed by atoms with Crippen molar-refractivity contribution in [2.75, 3.05) is 26.2 Å². The summed E-state index contributed by atoms with van der Waals surface area (Å²) in [6.45, 7) is 12.6. The minimum absolute atomic E-state index is 0.883. The van der Waals surface area contributed by atoms with Crippen LogP contribution in [0.2, 0.25) is 0 Å². The van der Waals surface area contributed by atoms with Crippen molar-refractivity contribution < 1.29 is 0 Å². The van der Waals surface area contributed by atoms with Crippen LogP contribution in [-0.4, -0.2) is 31.1 Å². The van der Waals surface area contributed by atoms with E-state index in [1.165, 1.54) is 49.2 Å². The first kappa shape index (κ1) is 14.5. The van der Waals surface area contributed by atoms with Crippen molar-refractivity contribution in [3.05, 3.63) is 34.9 Å².